The van der Waals surface area contributed by atoms with Crippen LogP contribution in [0, 0.1) is 5.92 Å². The van der Waals surface area contributed by atoms with E-state index < -0.39 is 0 Å². The zero-order valence-corrected chi connectivity index (χ0v) is 16.7. The molecule has 0 radical (unpaired) electrons. The van der Waals surface area contributed by atoms with Gasteiger partial charge in [0.2, 0.25) is 0 Å². The summed E-state index contributed by atoms with van der Waals surface area (Å²) in [7, 11) is 0. The van der Waals surface area contributed by atoms with Crippen molar-refractivity contribution in [2.75, 3.05) is 0 Å². The summed E-state index contributed by atoms with van der Waals surface area (Å²) < 4.78 is 3.72. The molecule has 0 saturated carbocycles. The van der Waals surface area contributed by atoms with Crippen LogP contribution in [0.5, 0.6) is 0 Å². The minimum Gasteiger partial charge on any atom is -0.267 e. The van der Waals surface area contributed by atoms with Gasteiger partial charge in [0.1, 0.15) is 0 Å². The van der Waals surface area contributed by atoms with Gasteiger partial charge < -0.3 is 0 Å². The van der Waals surface area contributed by atoms with Gasteiger partial charge in [0.05, 0.1) is 11.1 Å². The summed E-state index contributed by atoms with van der Waals surface area (Å²) in [6, 6.07) is 19.2. The van der Waals surface area contributed by atoms with Crippen LogP contribution in [0.2, 0.25) is 5.02 Å². The summed E-state index contributed by atoms with van der Waals surface area (Å²) in [6.07, 6.45) is 2.73. The fourth-order valence-corrected chi connectivity index (χ4v) is 3.58. The van der Waals surface area contributed by atoms with Crippen LogP contribution in [0.15, 0.2) is 71.7 Å². The van der Waals surface area contributed by atoms with Crippen molar-refractivity contribution in [2.24, 2.45) is 5.92 Å². The molecule has 2 aromatic heterocycles. The highest BCUT2D eigenvalue weighted by atomic mass is 35.5. The molecular weight excluding hydrogens is 370 g/mol. The topological polar surface area (TPSA) is 39.8 Å². The van der Waals surface area contributed by atoms with E-state index in [0.29, 0.717) is 28.5 Å². The zero-order chi connectivity index (χ0) is 19.7. The Balaban J connectivity index is 2.01. The fourth-order valence-electron chi connectivity index (χ4n) is 3.45. The van der Waals surface area contributed by atoms with E-state index in [-0.39, 0.29) is 5.56 Å². The SMILES string of the molecule is CC(C)CCn1c2nccc(-c3ccccc3)c2c(=O)n1-c1ccc(Cl)cc1. The van der Waals surface area contributed by atoms with Gasteiger partial charge in [-0.05, 0) is 53.8 Å². The summed E-state index contributed by atoms with van der Waals surface area (Å²) in [4.78, 5) is 18.1. The van der Waals surface area contributed by atoms with Gasteiger partial charge in [-0.1, -0.05) is 55.8 Å². The summed E-state index contributed by atoms with van der Waals surface area (Å²) in [5, 5.41) is 1.29. The number of pyridine rings is 1. The molecule has 4 rings (SSSR count). The molecular formula is C23H22ClN3O. The van der Waals surface area contributed by atoms with Crippen molar-refractivity contribution < 1.29 is 0 Å². The van der Waals surface area contributed by atoms with Gasteiger partial charge in [-0.2, -0.15) is 0 Å². The van der Waals surface area contributed by atoms with Crippen LogP contribution in [0.3, 0.4) is 0 Å². The summed E-state index contributed by atoms with van der Waals surface area (Å²) in [6.45, 7) is 5.07. The first-order valence-electron chi connectivity index (χ1n) is 9.48. The maximum absolute atomic E-state index is 13.5. The minimum absolute atomic E-state index is 0.0620. The predicted octanol–water partition coefficient (Wildman–Crippen LogP) is 5.55. The molecule has 0 saturated heterocycles. The molecule has 0 aliphatic rings. The molecule has 0 amide bonds. The normalized spacial score (nSPS) is 11.4. The molecule has 28 heavy (non-hydrogen) atoms. The van der Waals surface area contributed by atoms with Crippen LogP contribution in [0.25, 0.3) is 27.8 Å². The van der Waals surface area contributed by atoms with E-state index in [1.165, 1.54) is 0 Å². The number of nitrogens with zero attached hydrogens (tertiary/aromatic N) is 3. The van der Waals surface area contributed by atoms with E-state index in [4.69, 9.17) is 11.6 Å². The van der Waals surface area contributed by atoms with Gasteiger partial charge in [0.15, 0.2) is 5.65 Å². The van der Waals surface area contributed by atoms with Gasteiger partial charge in [-0.3, -0.25) is 9.48 Å². The third kappa shape index (κ3) is 3.36. The summed E-state index contributed by atoms with van der Waals surface area (Å²) in [5.74, 6) is 0.517. The smallest absolute Gasteiger partial charge is 0.267 e. The molecule has 4 aromatic rings. The van der Waals surface area contributed by atoms with Crippen molar-refractivity contribution in [1.29, 1.82) is 0 Å². The molecule has 0 spiro atoms. The second-order valence-corrected chi connectivity index (χ2v) is 7.76. The Hall–Kier alpha value is -2.85. The molecule has 2 aromatic carbocycles. The lowest BCUT2D eigenvalue weighted by Gasteiger charge is -2.13. The fraction of sp³-hybridized carbons (Fsp3) is 0.217. The highest BCUT2D eigenvalue weighted by molar-refractivity contribution is 6.30. The van der Waals surface area contributed by atoms with Crippen LogP contribution < -0.4 is 5.56 Å². The molecule has 0 bridgehead atoms. The average molecular weight is 392 g/mol. The van der Waals surface area contributed by atoms with Crippen molar-refractivity contribution >= 4 is 22.6 Å². The van der Waals surface area contributed by atoms with E-state index in [9.17, 15) is 4.79 Å². The van der Waals surface area contributed by atoms with Crippen molar-refractivity contribution in [3.63, 3.8) is 0 Å². The van der Waals surface area contributed by atoms with Crippen LogP contribution in [-0.4, -0.2) is 14.3 Å². The monoisotopic (exact) mass is 391 g/mol. The summed E-state index contributed by atoms with van der Waals surface area (Å²) >= 11 is 6.06. The summed E-state index contributed by atoms with van der Waals surface area (Å²) in [5.41, 5.74) is 3.35. The number of aromatic nitrogens is 3. The van der Waals surface area contributed by atoms with Crippen LogP contribution in [-0.2, 0) is 6.54 Å². The Morgan fingerprint density at radius 1 is 1.00 bits per heavy atom. The number of rotatable bonds is 5. The van der Waals surface area contributed by atoms with E-state index in [1.807, 2.05) is 53.2 Å². The lowest BCUT2D eigenvalue weighted by molar-refractivity contribution is 0.465. The minimum atomic E-state index is -0.0620. The Morgan fingerprint density at radius 3 is 2.39 bits per heavy atom. The van der Waals surface area contributed by atoms with E-state index in [1.54, 1.807) is 23.0 Å². The Bertz CT molecular complexity index is 1160. The van der Waals surface area contributed by atoms with Crippen LogP contribution in [0.1, 0.15) is 20.3 Å². The molecule has 0 N–H and O–H groups in total. The first kappa shape index (κ1) is 18.5. The first-order chi connectivity index (χ1) is 13.6. The number of halogens is 1. The molecule has 5 heteroatoms. The second-order valence-electron chi connectivity index (χ2n) is 7.32. The first-order valence-corrected chi connectivity index (χ1v) is 9.86. The molecule has 4 nitrogen and oxygen atoms in total. The lowest BCUT2D eigenvalue weighted by Crippen LogP contribution is -2.22. The Morgan fingerprint density at radius 2 is 1.71 bits per heavy atom. The van der Waals surface area contributed by atoms with Crippen LogP contribution in [0.4, 0.5) is 0 Å². The van der Waals surface area contributed by atoms with Gasteiger partial charge in [-0.25, -0.2) is 9.67 Å². The van der Waals surface area contributed by atoms with Gasteiger partial charge in [0.25, 0.3) is 5.56 Å². The second kappa shape index (κ2) is 7.64. The van der Waals surface area contributed by atoms with Crippen molar-refractivity contribution in [1.82, 2.24) is 14.3 Å². The molecule has 0 atom stereocenters. The zero-order valence-electron chi connectivity index (χ0n) is 16.0. The highest BCUT2D eigenvalue weighted by Gasteiger charge is 2.19. The van der Waals surface area contributed by atoms with E-state index in [2.05, 4.69) is 18.8 Å². The quantitative estimate of drug-likeness (QED) is 0.447. The molecule has 0 aliphatic carbocycles. The highest BCUT2D eigenvalue weighted by Crippen LogP contribution is 2.27. The Labute approximate surface area is 169 Å². The lowest BCUT2D eigenvalue weighted by atomic mass is 10.0. The molecule has 142 valence electrons. The third-order valence-corrected chi connectivity index (χ3v) is 5.15. The maximum Gasteiger partial charge on any atom is 0.281 e. The number of benzene rings is 2. The molecule has 0 fully saturated rings. The predicted molar refractivity (Wildman–Crippen MR) is 115 cm³/mol. The largest absolute Gasteiger partial charge is 0.281 e. The van der Waals surface area contributed by atoms with E-state index in [0.717, 1.165) is 23.2 Å². The van der Waals surface area contributed by atoms with Gasteiger partial charge >= 0.3 is 0 Å². The van der Waals surface area contributed by atoms with Crippen molar-refractivity contribution in [2.45, 2.75) is 26.8 Å². The van der Waals surface area contributed by atoms with Gasteiger partial charge in [-0.15, -0.1) is 0 Å². The number of hydrogen-bond donors (Lipinski definition) is 0. The van der Waals surface area contributed by atoms with Crippen LogP contribution >= 0.6 is 11.6 Å². The van der Waals surface area contributed by atoms with Crippen molar-refractivity contribution in [3.05, 3.63) is 82.2 Å². The Kier molecular flexibility index (Phi) is 5.05. The molecule has 2 heterocycles. The molecule has 0 aliphatic heterocycles. The maximum atomic E-state index is 13.5. The van der Waals surface area contributed by atoms with Crippen molar-refractivity contribution in [3.8, 4) is 16.8 Å². The number of hydrogen-bond acceptors (Lipinski definition) is 2. The average Bonchev–Trinajstić information content (AvgIpc) is 3.00. The van der Waals surface area contributed by atoms with E-state index >= 15 is 0 Å². The standard InChI is InChI=1S/C23H22ClN3O/c1-16(2)13-15-26-22-21(20(12-14-25-22)17-6-4-3-5-7-17)23(28)27(26)19-10-8-18(24)9-11-19/h3-12,14,16H,13,15H2,1-2H3. The van der Waals surface area contributed by atoms with Gasteiger partial charge in [0, 0.05) is 17.8 Å². The number of aryl methyl sites for hydroxylation is 1. The molecule has 0 unspecified atom stereocenters. The third-order valence-electron chi connectivity index (χ3n) is 4.90. The number of fused-ring (bicyclic) bond motifs is 1.